The summed E-state index contributed by atoms with van der Waals surface area (Å²) in [5.74, 6) is 0. The van der Waals surface area contributed by atoms with Crippen LogP contribution in [0.1, 0.15) is 22.3 Å². The van der Waals surface area contributed by atoms with Gasteiger partial charge in [-0.1, -0.05) is 158 Å². The van der Waals surface area contributed by atoms with Crippen molar-refractivity contribution in [2.45, 2.75) is 5.41 Å². The van der Waals surface area contributed by atoms with Gasteiger partial charge in [-0.15, -0.1) is 0 Å². The van der Waals surface area contributed by atoms with Crippen LogP contribution in [0, 0.1) is 0 Å². The number of benzene rings is 8. The Balaban J connectivity index is 1.22. The maximum absolute atomic E-state index is 2.49. The first kappa shape index (κ1) is 30.9. The average molecular weight is 677 g/mol. The Morgan fingerprint density at radius 1 is 0.396 bits per heavy atom. The smallest absolute Gasteiger partial charge is 0.0735 e. The summed E-state index contributed by atoms with van der Waals surface area (Å²) >= 11 is 0. The van der Waals surface area contributed by atoms with E-state index in [2.05, 4.69) is 228 Å². The monoisotopic (exact) mass is 676 g/mol. The van der Waals surface area contributed by atoms with Crippen LogP contribution in [0.15, 0.2) is 218 Å². The third-order valence-corrected chi connectivity index (χ3v) is 10.8. The second kappa shape index (κ2) is 12.7. The summed E-state index contributed by atoms with van der Waals surface area (Å²) < 4.78 is 2.49. The number of nitrogens with zero attached hydrogens (tertiary/aromatic N) is 2. The molecule has 53 heavy (non-hydrogen) atoms. The Morgan fingerprint density at radius 3 is 1.45 bits per heavy atom. The van der Waals surface area contributed by atoms with Gasteiger partial charge in [0.15, 0.2) is 0 Å². The van der Waals surface area contributed by atoms with Gasteiger partial charge in [-0.3, -0.25) is 0 Å². The van der Waals surface area contributed by atoms with Crippen molar-refractivity contribution in [3.8, 4) is 28.1 Å². The van der Waals surface area contributed by atoms with Gasteiger partial charge in [0.25, 0.3) is 0 Å². The molecule has 0 N–H and O–H groups in total. The highest BCUT2D eigenvalue weighted by Gasteiger charge is 2.49. The minimum atomic E-state index is -0.513. The Labute approximate surface area is 310 Å². The zero-order chi connectivity index (χ0) is 35.2. The lowest BCUT2D eigenvalue weighted by Crippen LogP contribution is -2.28. The average Bonchev–Trinajstić information content (AvgIpc) is 3.74. The molecule has 0 amide bonds. The third kappa shape index (κ3) is 4.87. The first-order valence-corrected chi connectivity index (χ1v) is 18.3. The van der Waals surface area contributed by atoms with Crippen LogP contribution in [0.2, 0.25) is 0 Å². The molecular formula is C51H36N2. The molecule has 10 rings (SSSR count). The molecule has 1 aliphatic carbocycles. The van der Waals surface area contributed by atoms with Crippen LogP contribution >= 0.6 is 0 Å². The van der Waals surface area contributed by atoms with Crippen molar-refractivity contribution in [2.24, 2.45) is 0 Å². The van der Waals surface area contributed by atoms with Gasteiger partial charge in [0.2, 0.25) is 0 Å². The molecule has 2 heteroatoms. The molecule has 9 aromatic rings. The van der Waals surface area contributed by atoms with Gasteiger partial charge < -0.3 is 9.47 Å². The predicted octanol–water partition coefficient (Wildman–Crippen LogP) is 13.1. The topological polar surface area (TPSA) is 8.17 Å². The molecule has 0 spiro atoms. The van der Waals surface area contributed by atoms with Gasteiger partial charge >= 0.3 is 0 Å². The van der Waals surface area contributed by atoms with Crippen molar-refractivity contribution >= 4 is 28.0 Å². The van der Waals surface area contributed by atoms with Gasteiger partial charge in [0.05, 0.1) is 16.6 Å². The summed E-state index contributed by atoms with van der Waals surface area (Å²) in [4.78, 5) is 2.31. The van der Waals surface area contributed by atoms with Crippen LogP contribution in [0.25, 0.3) is 39.0 Å². The van der Waals surface area contributed by atoms with E-state index >= 15 is 0 Å². The highest BCUT2D eigenvalue weighted by Crippen LogP contribution is 2.59. The molecule has 0 atom stereocenters. The molecular weight excluding hydrogens is 641 g/mol. The van der Waals surface area contributed by atoms with E-state index in [1.807, 2.05) is 0 Å². The number of hydrogen-bond donors (Lipinski definition) is 0. The van der Waals surface area contributed by atoms with E-state index in [1.54, 1.807) is 0 Å². The highest BCUT2D eigenvalue weighted by molar-refractivity contribution is 6.03. The molecule has 0 saturated carbocycles. The van der Waals surface area contributed by atoms with E-state index in [9.17, 15) is 0 Å². The summed E-state index contributed by atoms with van der Waals surface area (Å²) in [7, 11) is 0. The fourth-order valence-corrected chi connectivity index (χ4v) is 8.65. The maximum atomic E-state index is 2.49. The Hall–Kier alpha value is -6.90. The maximum Gasteiger partial charge on any atom is 0.0735 e. The second-order valence-electron chi connectivity index (χ2n) is 13.7. The number of fused-ring (bicyclic) bond motifs is 5. The lowest BCUT2D eigenvalue weighted by molar-refractivity contribution is 0.775. The third-order valence-electron chi connectivity index (χ3n) is 10.8. The van der Waals surface area contributed by atoms with Crippen molar-refractivity contribution in [2.75, 3.05) is 4.90 Å². The van der Waals surface area contributed by atoms with Gasteiger partial charge in [-0.25, -0.2) is 0 Å². The quantitative estimate of drug-likeness (QED) is 0.163. The van der Waals surface area contributed by atoms with Gasteiger partial charge in [0, 0.05) is 39.3 Å². The minimum absolute atomic E-state index is 0.513. The van der Waals surface area contributed by atoms with Crippen LogP contribution < -0.4 is 4.90 Å². The van der Waals surface area contributed by atoms with Crippen LogP contribution in [0.4, 0.5) is 17.1 Å². The molecule has 1 heterocycles. The predicted molar refractivity (Wildman–Crippen MR) is 221 cm³/mol. The summed E-state index contributed by atoms with van der Waals surface area (Å²) in [5.41, 5.74) is 15.3. The Kier molecular flexibility index (Phi) is 7.40. The summed E-state index contributed by atoms with van der Waals surface area (Å²) in [5, 5.41) is 1.25. The number of para-hydroxylation sites is 3. The summed E-state index contributed by atoms with van der Waals surface area (Å²) in [6.45, 7) is 0. The van der Waals surface area contributed by atoms with Gasteiger partial charge in [-0.2, -0.15) is 0 Å². The molecule has 2 nitrogen and oxygen atoms in total. The van der Waals surface area contributed by atoms with Crippen LogP contribution in [0.5, 0.6) is 0 Å². The zero-order valence-corrected chi connectivity index (χ0v) is 29.2. The van der Waals surface area contributed by atoms with E-state index in [0.29, 0.717) is 0 Å². The molecule has 250 valence electrons. The molecule has 0 aliphatic heterocycles. The van der Waals surface area contributed by atoms with Crippen molar-refractivity contribution in [3.63, 3.8) is 0 Å². The molecule has 0 radical (unpaired) electrons. The largest absolute Gasteiger partial charge is 0.311 e. The van der Waals surface area contributed by atoms with Crippen LogP contribution in [-0.4, -0.2) is 4.57 Å². The van der Waals surface area contributed by atoms with E-state index < -0.39 is 5.41 Å². The molecule has 1 aliphatic rings. The number of aromatic nitrogens is 1. The molecule has 0 unspecified atom stereocenters. The van der Waals surface area contributed by atoms with Crippen molar-refractivity contribution in [1.82, 2.24) is 4.57 Å². The standard InChI is InChI=1S/C51H36N2/c1-6-18-39(19-7-1)51(40-20-8-2-9-21-40)47-29-17-16-28-45(47)50-49(51)46-36-38(32-35-48(46)53(50)43-26-14-5-15-27-43)37-30-33-44(34-31-37)52(41-22-10-3-11-23-41)42-24-12-4-13-25-42/h1-36H. The summed E-state index contributed by atoms with van der Waals surface area (Å²) in [6, 6.07) is 79.3. The number of hydrogen-bond acceptors (Lipinski definition) is 1. The SMILES string of the molecule is c1ccc(N(c2ccccc2)c2ccc(-c3ccc4c(c3)c3c(n4-c4ccccc4)-c4ccccc4C3(c3ccccc3)c3ccccc3)cc2)cc1. The minimum Gasteiger partial charge on any atom is -0.311 e. The highest BCUT2D eigenvalue weighted by atomic mass is 15.1. The second-order valence-corrected chi connectivity index (χ2v) is 13.7. The first-order chi connectivity index (χ1) is 26.3. The van der Waals surface area contributed by atoms with Crippen LogP contribution in [0.3, 0.4) is 0 Å². The number of rotatable bonds is 7. The van der Waals surface area contributed by atoms with E-state index in [4.69, 9.17) is 0 Å². The Morgan fingerprint density at radius 2 is 0.868 bits per heavy atom. The number of anilines is 3. The lowest BCUT2D eigenvalue weighted by atomic mass is 9.67. The van der Waals surface area contributed by atoms with Crippen molar-refractivity contribution in [3.05, 3.63) is 241 Å². The van der Waals surface area contributed by atoms with E-state index in [1.165, 1.54) is 55.5 Å². The van der Waals surface area contributed by atoms with E-state index in [0.717, 1.165) is 22.7 Å². The van der Waals surface area contributed by atoms with E-state index in [-0.39, 0.29) is 0 Å². The Bertz CT molecular complexity index is 2600. The first-order valence-electron chi connectivity index (χ1n) is 18.3. The van der Waals surface area contributed by atoms with Crippen molar-refractivity contribution in [1.29, 1.82) is 0 Å². The molecule has 1 aromatic heterocycles. The fraction of sp³-hybridized carbons (Fsp3) is 0.0196. The molecule has 0 fully saturated rings. The molecule has 8 aromatic carbocycles. The van der Waals surface area contributed by atoms with Gasteiger partial charge in [-0.05, 0) is 88.5 Å². The van der Waals surface area contributed by atoms with Gasteiger partial charge in [0.1, 0.15) is 0 Å². The molecule has 0 saturated heterocycles. The summed E-state index contributed by atoms with van der Waals surface area (Å²) in [6.07, 6.45) is 0. The van der Waals surface area contributed by atoms with Crippen molar-refractivity contribution < 1.29 is 0 Å². The normalized spacial score (nSPS) is 12.7. The fourth-order valence-electron chi connectivity index (χ4n) is 8.65. The lowest BCUT2D eigenvalue weighted by Gasteiger charge is -2.33. The molecule has 0 bridgehead atoms. The van der Waals surface area contributed by atoms with Crippen LogP contribution in [-0.2, 0) is 5.41 Å². The zero-order valence-electron chi connectivity index (χ0n) is 29.2.